The molecule has 0 aliphatic carbocycles. The van der Waals surface area contributed by atoms with E-state index in [1.165, 1.54) is 17.3 Å². The van der Waals surface area contributed by atoms with Gasteiger partial charge in [-0.25, -0.2) is 4.99 Å². The van der Waals surface area contributed by atoms with Crippen molar-refractivity contribution in [2.24, 2.45) is 4.99 Å². The molecule has 4 nitrogen and oxygen atoms in total. The Kier molecular flexibility index (Phi) is 5.75. The number of carbonyl (C=O) groups excluding carboxylic acids is 1. The van der Waals surface area contributed by atoms with Gasteiger partial charge in [-0.05, 0) is 80.9 Å². The fourth-order valence-electron chi connectivity index (χ4n) is 3.92. The lowest BCUT2D eigenvalue weighted by Crippen LogP contribution is -2.42. The summed E-state index contributed by atoms with van der Waals surface area (Å²) in [5.74, 6) is -0.0403. The molecule has 1 fully saturated rings. The summed E-state index contributed by atoms with van der Waals surface area (Å²) >= 11 is 8.07. The minimum Gasteiger partial charge on any atom is -0.365 e. The summed E-state index contributed by atoms with van der Waals surface area (Å²) < 4.78 is 0. The van der Waals surface area contributed by atoms with Gasteiger partial charge in [0.2, 0.25) is 0 Å². The van der Waals surface area contributed by atoms with Crippen molar-refractivity contribution in [1.29, 1.82) is 0 Å². The van der Waals surface area contributed by atoms with Crippen LogP contribution in [0.15, 0.2) is 58.4 Å². The highest BCUT2D eigenvalue weighted by molar-refractivity contribution is 8.18. The number of amides is 1. The Morgan fingerprint density at radius 1 is 1.19 bits per heavy atom. The van der Waals surface area contributed by atoms with Crippen molar-refractivity contribution in [3.63, 3.8) is 0 Å². The van der Waals surface area contributed by atoms with E-state index in [4.69, 9.17) is 11.6 Å². The van der Waals surface area contributed by atoms with Crippen LogP contribution in [-0.4, -0.2) is 35.1 Å². The Hall–Kier alpha value is -2.50. The largest absolute Gasteiger partial charge is 0.365 e. The van der Waals surface area contributed by atoms with Crippen molar-refractivity contribution in [3.05, 3.63) is 69.6 Å². The van der Waals surface area contributed by atoms with Gasteiger partial charge in [0.15, 0.2) is 5.17 Å². The number of anilines is 1. The van der Waals surface area contributed by atoms with Gasteiger partial charge in [0, 0.05) is 29.9 Å². The molecular weight excluding hydrogens is 426 g/mol. The second kappa shape index (κ2) is 8.21. The molecule has 0 unspecified atom stereocenters. The minimum absolute atomic E-state index is 0.0403. The number of halogens is 1. The zero-order valence-corrected chi connectivity index (χ0v) is 20.0. The number of carbonyl (C=O) groups is 1. The molecule has 1 saturated heterocycles. The van der Waals surface area contributed by atoms with E-state index in [1.54, 1.807) is 4.90 Å². The fourth-order valence-corrected chi connectivity index (χ4v) is 5.19. The number of rotatable bonds is 3. The van der Waals surface area contributed by atoms with Crippen LogP contribution in [0.5, 0.6) is 0 Å². The van der Waals surface area contributed by atoms with Crippen molar-refractivity contribution >= 4 is 57.5 Å². The van der Waals surface area contributed by atoms with E-state index in [0.717, 1.165) is 22.5 Å². The standard InChI is InChI=1S/C25H26ClN3OS/c1-6-29-23(30)22(31-24(29)27-18-10-8-7-9-11-18)13-17-12-19-16(2)15-25(3,4)28(5)21(19)14-20(17)26/h7-15H,6H2,1-5H3/b22-13+,27-24?. The average molecular weight is 452 g/mol. The molecule has 2 aliphatic heterocycles. The molecule has 2 aromatic rings. The first-order valence-electron chi connectivity index (χ1n) is 10.3. The van der Waals surface area contributed by atoms with Crippen LogP contribution >= 0.6 is 23.4 Å². The van der Waals surface area contributed by atoms with Crippen LogP contribution in [-0.2, 0) is 4.79 Å². The van der Waals surface area contributed by atoms with Crippen LogP contribution in [0.3, 0.4) is 0 Å². The number of allylic oxidation sites excluding steroid dienone is 1. The smallest absolute Gasteiger partial charge is 0.266 e. The van der Waals surface area contributed by atoms with E-state index in [2.05, 4.69) is 49.9 Å². The van der Waals surface area contributed by atoms with E-state index < -0.39 is 0 Å². The SMILES string of the molecule is CCN1C(=O)/C(=C\c2cc3c(cc2Cl)N(C)C(C)(C)C=C3C)SC1=Nc1ccccc1. The van der Waals surface area contributed by atoms with Crippen LogP contribution in [0.2, 0.25) is 5.02 Å². The molecular formula is C25H26ClN3OS. The van der Waals surface area contributed by atoms with Crippen molar-refractivity contribution < 1.29 is 4.79 Å². The molecule has 0 aromatic heterocycles. The molecule has 0 radical (unpaired) electrons. The number of amidine groups is 1. The number of aliphatic imine (C=N–C) groups is 1. The number of fused-ring (bicyclic) bond motifs is 1. The van der Waals surface area contributed by atoms with Gasteiger partial charge in [0.25, 0.3) is 5.91 Å². The summed E-state index contributed by atoms with van der Waals surface area (Å²) in [5, 5.41) is 1.32. The topological polar surface area (TPSA) is 35.9 Å². The zero-order valence-electron chi connectivity index (χ0n) is 18.4. The lowest BCUT2D eigenvalue weighted by Gasteiger charge is -2.40. The van der Waals surface area contributed by atoms with Crippen molar-refractivity contribution in [2.75, 3.05) is 18.5 Å². The van der Waals surface area contributed by atoms with Gasteiger partial charge in [-0.3, -0.25) is 9.69 Å². The molecule has 2 heterocycles. The highest BCUT2D eigenvalue weighted by atomic mass is 35.5. The summed E-state index contributed by atoms with van der Waals surface area (Å²) in [6.07, 6.45) is 4.15. The van der Waals surface area contributed by atoms with E-state index >= 15 is 0 Å². The number of hydrogen-bond acceptors (Lipinski definition) is 4. The second-order valence-corrected chi connectivity index (χ2v) is 9.74. The summed E-state index contributed by atoms with van der Waals surface area (Å²) in [5.41, 5.74) is 5.04. The third kappa shape index (κ3) is 4.04. The van der Waals surface area contributed by atoms with Crippen molar-refractivity contribution in [2.45, 2.75) is 33.2 Å². The van der Waals surface area contributed by atoms with Crippen LogP contribution in [0.25, 0.3) is 11.6 Å². The van der Waals surface area contributed by atoms with Gasteiger partial charge in [0.05, 0.1) is 16.1 Å². The van der Waals surface area contributed by atoms with E-state index in [9.17, 15) is 4.79 Å². The Balaban J connectivity index is 1.73. The monoisotopic (exact) mass is 451 g/mol. The van der Waals surface area contributed by atoms with Crippen LogP contribution < -0.4 is 4.90 Å². The van der Waals surface area contributed by atoms with E-state index in [-0.39, 0.29) is 11.4 Å². The van der Waals surface area contributed by atoms with E-state index in [1.807, 2.05) is 49.4 Å². The molecule has 0 spiro atoms. The Bertz CT molecular complexity index is 1130. The first-order chi connectivity index (χ1) is 14.7. The number of benzene rings is 2. The molecule has 0 N–H and O–H groups in total. The third-order valence-corrected chi connectivity index (χ3v) is 7.14. The van der Waals surface area contributed by atoms with Gasteiger partial charge in [-0.2, -0.15) is 0 Å². The van der Waals surface area contributed by atoms with Crippen molar-refractivity contribution in [1.82, 2.24) is 4.90 Å². The van der Waals surface area contributed by atoms with Gasteiger partial charge in [-0.1, -0.05) is 35.9 Å². The normalized spacial score (nSPS) is 20.5. The molecule has 2 aromatic carbocycles. The predicted molar refractivity (Wildman–Crippen MR) is 134 cm³/mol. The third-order valence-electron chi connectivity index (χ3n) is 5.81. The highest BCUT2D eigenvalue weighted by Gasteiger charge is 2.33. The number of likely N-dealkylation sites (N-methyl/N-ethyl adjacent to an activating group) is 2. The summed E-state index contributed by atoms with van der Waals surface area (Å²) in [4.78, 5) is 22.3. The maximum Gasteiger partial charge on any atom is 0.266 e. The van der Waals surface area contributed by atoms with Crippen LogP contribution in [0, 0.1) is 0 Å². The van der Waals surface area contributed by atoms with Crippen LogP contribution in [0.4, 0.5) is 11.4 Å². The number of para-hydroxylation sites is 1. The molecule has 1 amide bonds. The Morgan fingerprint density at radius 2 is 1.90 bits per heavy atom. The second-order valence-electron chi connectivity index (χ2n) is 8.32. The predicted octanol–water partition coefficient (Wildman–Crippen LogP) is 6.60. The lowest BCUT2D eigenvalue weighted by molar-refractivity contribution is -0.122. The fraction of sp³-hybridized carbons (Fsp3) is 0.280. The molecule has 0 atom stereocenters. The molecule has 6 heteroatoms. The van der Waals surface area contributed by atoms with Gasteiger partial charge >= 0.3 is 0 Å². The molecule has 2 aliphatic rings. The first-order valence-corrected chi connectivity index (χ1v) is 11.5. The molecule has 4 rings (SSSR count). The Labute approximate surface area is 193 Å². The average Bonchev–Trinajstić information content (AvgIpc) is 3.02. The number of hydrogen-bond donors (Lipinski definition) is 0. The summed E-state index contributed by atoms with van der Waals surface area (Å²) in [7, 11) is 2.08. The Morgan fingerprint density at radius 3 is 2.58 bits per heavy atom. The maximum atomic E-state index is 13.0. The minimum atomic E-state index is -0.0813. The molecule has 160 valence electrons. The summed E-state index contributed by atoms with van der Waals surface area (Å²) in [6, 6.07) is 13.8. The molecule has 0 saturated carbocycles. The highest BCUT2D eigenvalue weighted by Crippen LogP contribution is 2.42. The van der Waals surface area contributed by atoms with Gasteiger partial charge in [-0.15, -0.1) is 0 Å². The van der Waals surface area contributed by atoms with Gasteiger partial charge in [0.1, 0.15) is 0 Å². The first kappa shape index (κ1) is 21.7. The van der Waals surface area contributed by atoms with Crippen LogP contribution in [0.1, 0.15) is 38.8 Å². The van der Waals surface area contributed by atoms with Crippen molar-refractivity contribution in [3.8, 4) is 0 Å². The summed E-state index contributed by atoms with van der Waals surface area (Å²) in [6.45, 7) is 9.01. The molecule has 31 heavy (non-hydrogen) atoms. The lowest BCUT2D eigenvalue weighted by atomic mass is 9.88. The van der Waals surface area contributed by atoms with E-state index in [0.29, 0.717) is 21.6 Å². The number of nitrogens with zero attached hydrogens (tertiary/aromatic N) is 3. The molecule has 0 bridgehead atoms. The zero-order chi connectivity index (χ0) is 22.3. The maximum absolute atomic E-state index is 13.0. The number of thioether (sulfide) groups is 1. The van der Waals surface area contributed by atoms with Gasteiger partial charge < -0.3 is 4.90 Å². The quantitative estimate of drug-likeness (QED) is 0.493.